The van der Waals surface area contributed by atoms with Crippen LogP contribution in [0.4, 0.5) is 4.39 Å². The molecular weight excluding hydrogens is 463 g/mol. The monoisotopic (exact) mass is 494 g/mol. The summed E-state index contributed by atoms with van der Waals surface area (Å²) < 4.78 is 19.6. The molecule has 3 aromatic rings. The fourth-order valence-corrected chi connectivity index (χ4v) is 5.28. The lowest BCUT2D eigenvalue weighted by Gasteiger charge is -2.38. The van der Waals surface area contributed by atoms with Crippen LogP contribution in [-0.2, 0) is 11.2 Å². The van der Waals surface area contributed by atoms with Gasteiger partial charge in [0.15, 0.2) is 0 Å². The molecule has 2 aromatic carbocycles. The van der Waals surface area contributed by atoms with Gasteiger partial charge in [0, 0.05) is 29.1 Å². The summed E-state index contributed by atoms with van der Waals surface area (Å²) in [5, 5.41) is 2.03. The summed E-state index contributed by atoms with van der Waals surface area (Å²) in [6, 6.07) is 15.1. The zero-order valence-electron chi connectivity index (χ0n) is 20.4. The predicted molar refractivity (Wildman–Crippen MR) is 136 cm³/mol. The number of ether oxygens (including phenoxy) is 1. The Labute approximate surface area is 210 Å². The van der Waals surface area contributed by atoms with Crippen LogP contribution in [0.25, 0.3) is 0 Å². The van der Waals surface area contributed by atoms with Crippen molar-refractivity contribution < 1.29 is 18.7 Å². The molecule has 0 saturated heterocycles. The summed E-state index contributed by atoms with van der Waals surface area (Å²) in [6.07, 6.45) is 1.51. The number of thiophene rings is 1. The molecule has 35 heavy (non-hydrogen) atoms. The lowest BCUT2D eigenvalue weighted by Crippen LogP contribution is -2.49. The van der Waals surface area contributed by atoms with Crippen molar-refractivity contribution in [3.8, 4) is 5.75 Å². The van der Waals surface area contributed by atoms with Gasteiger partial charge in [0.1, 0.15) is 24.7 Å². The van der Waals surface area contributed by atoms with Crippen molar-refractivity contribution in [2.45, 2.75) is 45.7 Å². The molecule has 7 heteroatoms. The fourth-order valence-electron chi connectivity index (χ4n) is 4.35. The number of halogens is 1. The Bertz CT molecular complexity index is 1180. The van der Waals surface area contributed by atoms with Crippen LogP contribution in [0.5, 0.6) is 5.75 Å². The molecule has 1 aliphatic heterocycles. The molecule has 0 fully saturated rings. The second kappa shape index (κ2) is 11.0. The van der Waals surface area contributed by atoms with E-state index in [1.54, 1.807) is 28.4 Å². The molecule has 0 unspecified atom stereocenters. The lowest BCUT2D eigenvalue weighted by atomic mass is 10.00. The average Bonchev–Trinajstić information content (AvgIpc) is 3.34. The Morgan fingerprint density at radius 2 is 1.97 bits per heavy atom. The molecule has 2 amide bonds. The standard InChI is InChI=1S/C28H31FN2O3S/c1-4-20(3)31(28(33)21-10-8-19(2)9-11-21)17-27(32)30-14-12-26-24(13-15-35-26)25(30)18-34-23-7-5-6-22(29)16-23/h5-11,13,15-16,20,25H,4,12,14,17-18H2,1-3H3/t20-,25-/m0/s1. The number of fused-ring (bicyclic) bond motifs is 1. The number of nitrogens with zero attached hydrogens (tertiary/aromatic N) is 2. The van der Waals surface area contributed by atoms with Crippen molar-refractivity contribution in [3.63, 3.8) is 0 Å². The Balaban J connectivity index is 1.54. The number of carbonyl (C=O) groups is 2. The minimum absolute atomic E-state index is 0.00233. The van der Waals surface area contributed by atoms with E-state index in [1.807, 2.05) is 61.4 Å². The average molecular weight is 495 g/mol. The Morgan fingerprint density at radius 1 is 1.20 bits per heavy atom. The molecule has 1 aromatic heterocycles. The molecule has 5 nitrogen and oxygen atoms in total. The van der Waals surface area contributed by atoms with Crippen LogP contribution in [0, 0.1) is 12.7 Å². The third-order valence-corrected chi connectivity index (χ3v) is 7.60. The number of aryl methyl sites for hydroxylation is 1. The van der Waals surface area contributed by atoms with Gasteiger partial charge in [-0.05, 0) is 68.0 Å². The van der Waals surface area contributed by atoms with E-state index in [2.05, 4.69) is 0 Å². The van der Waals surface area contributed by atoms with Crippen LogP contribution in [0.2, 0.25) is 0 Å². The summed E-state index contributed by atoms with van der Waals surface area (Å²) in [7, 11) is 0. The van der Waals surface area contributed by atoms with Crippen LogP contribution in [0.3, 0.4) is 0 Å². The van der Waals surface area contributed by atoms with Gasteiger partial charge in [-0.15, -0.1) is 11.3 Å². The molecule has 4 rings (SSSR count). The van der Waals surface area contributed by atoms with Crippen molar-refractivity contribution in [3.05, 3.63) is 87.4 Å². The largest absolute Gasteiger partial charge is 0.491 e. The van der Waals surface area contributed by atoms with Gasteiger partial charge >= 0.3 is 0 Å². The topological polar surface area (TPSA) is 49.9 Å². The molecule has 0 spiro atoms. The molecule has 184 valence electrons. The minimum Gasteiger partial charge on any atom is -0.491 e. The first-order valence-electron chi connectivity index (χ1n) is 12.0. The maximum atomic E-state index is 13.6. The number of carbonyl (C=O) groups excluding carboxylic acids is 2. The molecule has 2 atom stereocenters. The van der Waals surface area contributed by atoms with E-state index >= 15 is 0 Å². The quantitative estimate of drug-likeness (QED) is 0.407. The maximum Gasteiger partial charge on any atom is 0.254 e. The van der Waals surface area contributed by atoms with Crippen LogP contribution in [0.15, 0.2) is 60.0 Å². The van der Waals surface area contributed by atoms with Crippen molar-refractivity contribution in [2.24, 2.45) is 0 Å². The van der Waals surface area contributed by atoms with Gasteiger partial charge in [0.2, 0.25) is 5.91 Å². The summed E-state index contributed by atoms with van der Waals surface area (Å²) in [4.78, 5) is 31.7. The number of benzene rings is 2. The highest BCUT2D eigenvalue weighted by molar-refractivity contribution is 7.10. The minimum atomic E-state index is -0.367. The predicted octanol–water partition coefficient (Wildman–Crippen LogP) is 5.64. The summed E-state index contributed by atoms with van der Waals surface area (Å²) >= 11 is 1.67. The van der Waals surface area contributed by atoms with Gasteiger partial charge in [-0.2, -0.15) is 0 Å². The molecule has 0 N–H and O–H groups in total. The van der Waals surface area contributed by atoms with E-state index < -0.39 is 0 Å². The van der Waals surface area contributed by atoms with E-state index in [9.17, 15) is 14.0 Å². The molecule has 0 aliphatic carbocycles. The number of amides is 2. The third-order valence-electron chi connectivity index (χ3n) is 6.61. The number of hydrogen-bond acceptors (Lipinski definition) is 4. The normalized spacial score (nSPS) is 15.9. The fraction of sp³-hybridized carbons (Fsp3) is 0.357. The highest BCUT2D eigenvalue weighted by Crippen LogP contribution is 2.34. The van der Waals surface area contributed by atoms with E-state index in [4.69, 9.17) is 4.74 Å². The maximum absolute atomic E-state index is 13.6. The van der Waals surface area contributed by atoms with E-state index in [0.29, 0.717) is 17.9 Å². The molecule has 0 saturated carbocycles. The van der Waals surface area contributed by atoms with Crippen LogP contribution in [0.1, 0.15) is 52.7 Å². The summed E-state index contributed by atoms with van der Waals surface area (Å²) in [6.45, 7) is 6.73. The van der Waals surface area contributed by atoms with Crippen molar-refractivity contribution in [2.75, 3.05) is 19.7 Å². The van der Waals surface area contributed by atoms with Gasteiger partial charge in [-0.1, -0.05) is 30.7 Å². The first-order valence-corrected chi connectivity index (χ1v) is 12.9. The molecule has 0 radical (unpaired) electrons. The van der Waals surface area contributed by atoms with Gasteiger partial charge in [-0.3, -0.25) is 9.59 Å². The SMILES string of the molecule is CC[C@H](C)N(CC(=O)N1CCc2sccc2[C@@H]1COc1cccc(F)c1)C(=O)c1ccc(C)cc1. The zero-order valence-corrected chi connectivity index (χ0v) is 21.2. The van der Waals surface area contributed by atoms with E-state index in [-0.39, 0.29) is 42.9 Å². The molecule has 0 bridgehead atoms. The highest BCUT2D eigenvalue weighted by atomic mass is 32.1. The summed E-state index contributed by atoms with van der Waals surface area (Å²) in [5.41, 5.74) is 2.72. The van der Waals surface area contributed by atoms with E-state index in [1.165, 1.54) is 17.0 Å². The molecular formula is C28H31FN2O3S. The first kappa shape index (κ1) is 24.9. The highest BCUT2D eigenvalue weighted by Gasteiger charge is 2.34. The van der Waals surface area contributed by atoms with Crippen LogP contribution in [-0.4, -0.2) is 47.4 Å². The van der Waals surface area contributed by atoms with E-state index in [0.717, 1.165) is 24.0 Å². The Morgan fingerprint density at radius 3 is 2.69 bits per heavy atom. The third kappa shape index (κ3) is 5.73. The van der Waals surface area contributed by atoms with Crippen LogP contribution < -0.4 is 4.74 Å². The van der Waals surface area contributed by atoms with Crippen LogP contribution >= 0.6 is 11.3 Å². The van der Waals surface area contributed by atoms with Crippen molar-refractivity contribution in [1.29, 1.82) is 0 Å². The second-order valence-corrected chi connectivity index (χ2v) is 9.98. The Kier molecular flexibility index (Phi) is 7.86. The second-order valence-electron chi connectivity index (χ2n) is 8.98. The zero-order chi connectivity index (χ0) is 24.9. The van der Waals surface area contributed by atoms with Gasteiger partial charge in [0.05, 0.1) is 6.04 Å². The smallest absolute Gasteiger partial charge is 0.254 e. The summed E-state index contributed by atoms with van der Waals surface area (Å²) in [5.74, 6) is -0.200. The lowest BCUT2D eigenvalue weighted by molar-refractivity contribution is -0.136. The van der Waals surface area contributed by atoms with Gasteiger partial charge < -0.3 is 14.5 Å². The van der Waals surface area contributed by atoms with Gasteiger partial charge in [-0.25, -0.2) is 4.39 Å². The van der Waals surface area contributed by atoms with Crippen molar-refractivity contribution >= 4 is 23.2 Å². The first-order chi connectivity index (χ1) is 16.9. The molecule has 1 aliphatic rings. The van der Waals surface area contributed by atoms with Crippen molar-refractivity contribution in [1.82, 2.24) is 9.80 Å². The van der Waals surface area contributed by atoms with Gasteiger partial charge in [0.25, 0.3) is 5.91 Å². The Hall–Kier alpha value is -3.19. The molecule has 2 heterocycles. The number of hydrogen-bond donors (Lipinski definition) is 0. The number of rotatable bonds is 8.